The Bertz CT molecular complexity index is 444. The highest BCUT2D eigenvalue weighted by molar-refractivity contribution is 7.14. The predicted octanol–water partition coefficient (Wildman–Crippen LogP) is 4.90. The molecule has 1 aliphatic carbocycles. The van der Waals surface area contributed by atoms with E-state index in [2.05, 4.69) is 44.7 Å². The minimum atomic E-state index is 1.16. The predicted molar refractivity (Wildman–Crippen MR) is 70.0 cm³/mol. The van der Waals surface area contributed by atoms with Crippen LogP contribution in [0.5, 0.6) is 0 Å². The minimum absolute atomic E-state index is 1.16. The molecule has 0 nitrogen and oxygen atoms in total. The third kappa shape index (κ3) is 2.13. The summed E-state index contributed by atoms with van der Waals surface area (Å²) in [6, 6.07) is 4.38. The molecular weight excluding hydrogens is 200 g/mol. The van der Waals surface area contributed by atoms with Gasteiger partial charge in [0.1, 0.15) is 0 Å². The van der Waals surface area contributed by atoms with Crippen molar-refractivity contribution in [3.63, 3.8) is 0 Å². The largest absolute Gasteiger partial charge is 0.136 e. The van der Waals surface area contributed by atoms with E-state index in [1.165, 1.54) is 33.7 Å². The third-order valence-corrected chi connectivity index (χ3v) is 3.96. The fourth-order valence-electron chi connectivity index (χ4n) is 1.81. The lowest BCUT2D eigenvalue weighted by atomic mass is 9.98. The summed E-state index contributed by atoms with van der Waals surface area (Å²) in [7, 11) is 0. The Labute approximate surface area is 95.6 Å². The first-order chi connectivity index (χ1) is 7.18. The number of thiophene rings is 1. The van der Waals surface area contributed by atoms with Crippen LogP contribution in [0.15, 0.2) is 36.4 Å². The van der Waals surface area contributed by atoms with Crippen LogP contribution in [0.1, 0.15) is 36.4 Å². The Morgan fingerprint density at radius 1 is 1.27 bits per heavy atom. The van der Waals surface area contributed by atoms with Gasteiger partial charge in [-0.25, -0.2) is 0 Å². The summed E-state index contributed by atoms with van der Waals surface area (Å²) in [6.45, 7) is 8.24. The van der Waals surface area contributed by atoms with E-state index < -0.39 is 0 Å². The SMILES string of the molecule is C=C(C)c1ccc(C2=CCCC=C2C)s1. The molecule has 15 heavy (non-hydrogen) atoms. The highest BCUT2D eigenvalue weighted by Crippen LogP contribution is 2.34. The van der Waals surface area contributed by atoms with Crippen LogP contribution in [-0.4, -0.2) is 0 Å². The molecule has 1 heterocycles. The molecule has 0 bridgehead atoms. The van der Waals surface area contributed by atoms with Gasteiger partial charge in [-0.2, -0.15) is 0 Å². The first-order valence-corrected chi connectivity index (χ1v) is 6.13. The zero-order chi connectivity index (χ0) is 10.8. The molecule has 0 saturated heterocycles. The third-order valence-electron chi connectivity index (χ3n) is 2.68. The zero-order valence-electron chi connectivity index (χ0n) is 9.34. The lowest BCUT2D eigenvalue weighted by molar-refractivity contribution is 1.02. The normalized spacial score (nSPS) is 15.9. The monoisotopic (exact) mass is 216 g/mol. The highest BCUT2D eigenvalue weighted by Gasteiger charge is 2.09. The van der Waals surface area contributed by atoms with Crippen molar-refractivity contribution in [1.29, 1.82) is 0 Å². The highest BCUT2D eigenvalue weighted by atomic mass is 32.1. The van der Waals surface area contributed by atoms with Crippen LogP contribution in [-0.2, 0) is 0 Å². The molecule has 1 aromatic heterocycles. The molecule has 0 aromatic carbocycles. The van der Waals surface area contributed by atoms with Gasteiger partial charge >= 0.3 is 0 Å². The van der Waals surface area contributed by atoms with E-state index in [0.717, 1.165) is 5.57 Å². The molecule has 0 unspecified atom stereocenters. The van der Waals surface area contributed by atoms with Crippen molar-refractivity contribution >= 4 is 22.5 Å². The second kappa shape index (κ2) is 4.19. The van der Waals surface area contributed by atoms with Gasteiger partial charge in [-0.05, 0) is 55.5 Å². The molecule has 78 valence electrons. The van der Waals surface area contributed by atoms with Crippen molar-refractivity contribution in [2.24, 2.45) is 0 Å². The van der Waals surface area contributed by atoms with E-state index in [0.29, 0.717) is 0 Å². The van der Waals surface area contributed by atoms with Crippen LogP contribution in [0.4, 0.5) is 0 Å². The van der Waals surface area contributed by atoms with Gasteiger partial charge in [-0.3, -0.25) is 0 Å². The zero-order valence-corrected chi connectivity index (χ0v) is 10.2. The van der Waals surface area contributed by atoms with Gasteiger partial charge < -0.3 is 0 Å². The van der Waals surface area contributed by atoms with Gasteiger partial charge in [0.15, 0.2) is 0 Å². The van der Waals surface area contributed by atoms with E-state index in [-0.39, 0.29) is 0 Å². The van der Waals surface area contributed by atoms with Gasteiger partial charge in [0, 0.05) is 9.75 Å². The standard InChI is InChI=1S/C14H16S/c1-10(2)13-8-9-14(15-13)12-7-5-4-6-11(12)3/h6-9H,1,4-5H2,2-3H3. The molecule has 2 rings (SSSR count). The van der Waals surface area contributed by atoms with Gasteiger partial charge in [0.05, 0.1) is 0 Å². The molecule has 0 atom stereocenters. The average Bonchev–Trinajstić information content (AvgIpc) is 2.67. The molecule has 0 amide bonds. The van der Waals surface area contributed by atoms with Crippen molar-refractivity contribution < 1.29 is 0 Å². The second-order valence-corrected chi connectivity index (χ2v) is 5.11. The van der Waals surface area contributed by atoms with Crippen molar-refractivity contribution in [3.8, 4) is 0 Å². The number of rotatable bonds is 2. The van der Waals surface area contributed by atoms with E-state index in [9.17, 15) is 0 Å². The van der Waals surface area contributed by atoms with Crippen LogP contribution in [0.3, 0.4) is 0 Å². The maximum atomic E-state index is 3.98. The van der Waals surface area contributed by atoms with E-state index in [1.807, 2.05) is 11.3 Å². The topological polar surface area (TPSA) is 0 Å². The van der Waals surface area contributed by atoms with Crippen molar-refractivity contribution in [1.82, 2.24) is 0 Å². The maximum Gasteiger partial charge on any atom is 0.0348 e. The fourth-order valence-corrected chi connectivity index (χ4v) is 2.84. The molecule has 0 N–H and O–H groups in total. The fraction of sp³-hybridized carbons (Fsp3) is 0.286. The summed E-state index contributed by atoms with van der Waals surface area (Å²) in [5.74, 6) is 0. The molecular formula is C14H16S. The summed E-state index contributed by atoms with van der Waals surface area (Å²) in [6.07, 6.45) is 7.04. The quantitative estimate of drug-likeness (QED) is 0.659. The van der Waals surface area contributed by atoms with E-state index >= 15 is 0 Å². The number of hydrogen-bond donors (Lipinski definition) is 0. The maximum absolute atomic E-state index is 3.98. The number of hydrogen-bond acceptors (Lipinski definition) is 1. The smallest absolute Gasteiger partial charge is 0.0348 e. The lowest BCUT2D eigenvalue weighted by Crippen LogP contribution is -1.88. The summed E-state index contributed by atoms with van der Waals surface area (Å²) in [5, 5.41) is 0. The molecule has 0 spiro atoms. The summed E-state index contributed by atoms with van der Waals surface area (Å²) in [5.41, 5.74) is 3.99. The molecule has 0 aliphatic heterocycles. The Hall–Kier alpha value is -1.08. The molecule has 0 fully saturated rings. The lowest BCUT2D eigenvalue weighted by Gasteiger charge is -2.10. The number of allylic oxidation sites excluding steroid dienone is 5. The van der Waals surface area contributed by atoms with Gasteiger partial charge in [-0.15, -0.1) is 11.3 Å². The first-order valence-electron chi connectivity index (χ1n) is 5.32. The van der Waals surface area contributed by atoms with Gasteiger partial charge in [0.2, 0.25) is 0 Å². The van der Waals surface area contributed by atoms with Crippen LogP contribution in [0.25, 0.3) is 11.1 Å². The Balaban J connectivity index is 2.34. The van der Waals surface area contributed by atoms with Crippen LogP contribution in [0.2, 0.25) is 0 Å². The molecule has 1 aliphatic rings. The molecule has 1 heteroatoms. The minimum Gasteiger partial charge on any atom is -0.136 e. The van der Waals surface area contributed by atoms with Gasteiger partial charge in [-0.1, -0.05) is 18.7 Å². The Morgan fingerprint density at radius 2 is 2.00 bits per heavy atom. The summed E-state index contributed by atoms with van der Waals surface area (Å²) >= 11 is 1.84. The van der Waals surface area contributed by atoms with Crippen LogP contribution < -0.4 is 0 Å². The van der Waals surface area contributed by atoms with Crippen molar-refractivity contribution in [3.05, 3.63) is 46.2 Å². The average molecular weight is 216 g/mol. The molecule has 0 radical (unpaired) electrons. The van der Waals surface area contributed by atoms with E-state index in [4.69, 9.17) is 0 Å². The summed E-state index contributed by atoms with van der Waals surface area (Å²) < 4.78 is 0. The molecule has 1 aromatic rings. The Kier molecular flexibility index (Phi) is 2.92. The molecule has 0 saturated carbocycles. The van der Waals surface area contributed by atoms with E-state index in [1.54, 1.807) is 0 Å². The van der Waals surface area contributed by atoms with Crippen molar-refractivity contribution in [2.45, 2.75) is 26.7 Å². The summed E-state index contributed by atoms with van der Waals surface area (Å²) in [4.78, 5) is 2.67. The Morgan fingerprint density at radius 3 is 2.60 bits per heavy atom. The van der Waals surface area contributed by atoms with Gasteiger partial charge in [0.25, 0.3) is 0 Å². The van der Waals surface area contributed by atoms with Crippen molar-refractivity contribution in [2.75, 3.05) is 0 Å². The van der Waals surface area contributed by atoms with Crippen LogP contribution >= 0.6 is 11.3 Å². The second-order valence-electron chi connectivity index (χ2n) is 4.03. The first kappa shape index (κ1) is 10.4. The van der Waals surface area contributed by atoms with Crippen LogP contribution in [0, 0.1) is 0 Å².